The molecule has 1 aromatic carbocycles. The molecule has 0 fully saturated rings. The lowest BCUT2D eigenvalue weighted by Gasteiger charge is -2.20. The number of aromatic nitrogens is 1. The van der Waals surface area contributed by atoms with E-state index in [1.165, 1.54) is 11.3 Å². The Morgan fingerprint density at radius 1 is 1.24 bits per heavy atom. The van der Waals surface area contributed by atoms with Gasteiger partial charge in [-0.05, 0) is 48.9 Å². The molecular formula is C18H25NO2. The van der Waals surface area contributed by atoms with Crippen LogP contribution in [0.15, 0.2) is 12.1 Å². The molecule has 1 heterocycles. The van der Waals surface area contributed by atoms with Crippen molar-refractivity contribution in [3.05, 3.63) is 34.5 Å². The van der Waals surface area contributed by atoms with Gasteiger partial charge in [-0.15, -0.1) is 0 Å². The summed E-state index contributed by atoms with van der Waals surface area (Å²) < 4.78 is 2.15. The fourth-order valence-corrected chi connectivity index (χ4v) is 2.88. The quantitative estimate of drug-likeness (QED) is 0.891. The van der Waals surface area contributed by atoms with Crippen LogP contribution in [-0.4, -0.2) is 15.6 Å². The summed E-state index contributed by atoms with van der Waals surface area (Å²) in [5.74, 6) is -0.846. The third-order valence-electron chi connectivity index (χ3n) is 4.28. The van der Waals surface area contributed by atoms with Crippen LogP contribution in [0.4, 0.5) is 0 Å². The van der Waals surface area contributed by atoms with Crippen LogP contribution in [0.3, 0.4) is 0 Å². The first-order valence-corrected chi connectivity index (χ1v) is 7.55. The van der Waals surface area contributed by atoms with Crippen LogP contribution in [0, 0.1) is 13.8 Å². The zero-order valence-electron chi connectivity index (χ0n) is 13.9. The lowest BCUT2D eigenvalue weighted by atomic mass is 9.85. The number of aromatic carboxylic acids is 1. The third kappa shape index (κ3) is 2.57. The van der Waals surface area contributed by atoms with Crippen LogP contribution in [-0.2, 0) is 12.0 Å². The third-order valence-corrected chi connectivity index (χ3v) is 4.28. The Morgan fingerprint density at radius 2 is 1.86 bits per heavy atom. The minimum absolute atomic E-state index is 0.0639. The number of hydrogen-bond acceptors (Lipinski definition) is 1. The highest BCUT2D eigenvalue weighted by Gasteiger charge is 2.23. The van der Waals surface area contributed by atoms with E-state index in [1.54, 1.807) is 0 Å². The second-order valence-corrected chi connectivity index (χ2v) is 6.84. The molecule has 0 bridgehead atoms. The number of fused-ring (bicyclic) bond motifs is 1. The van der Waals surface area contributed by atoms with Crippen molar-refractivity contribution in [3.8, 4) is 0 Å². The van der Waals surface area contributed by atoms with E-state index in [0.717, 1.165) is 29.4 Å². The maximum absolute atomic E-state index is 11.8. The van der Waals surface area contributed by atoms with Crippen LogP contribution in [0.5, 0.6) is 0 Å². The van der Waals surface area contributed by atoms with Gasteiger partial charge in [0.05, 0.1) is 11.1 Å². The van der Waals surface area contributed by atoms with Crippen LogP contribution in [0.1, 0.15) is 61.3 Å². The van der Waals surface area contributed by atoms with Gasteiger partial charge < -0.3 is 9.67 Å². The molecule has 0 aliphatic heterocycles. The Hall–Kier alpha value is -1.77. The van der Waals surface area contributed by atoms with E-state index in [4.69, 9.17) is 0 Å². The summed E-state index contributed by atoms with van der Waals surface area (Å²) in [5.41, 5.74) is 4.65. The minimum Gasteiger partial charge on any atom is -0.478 e. The van der Waals surface area contributed by atoms with Gasteiger partial charge in [0, 0.05) is 17.6 Å². The maximum atomic E-state index is 11.8. The molecule has 0 radical (unpaired) electrons. The molecule has 0 unspecified atom stereocenters. The molecule has 0 saturated carbocycles. The number of aryl methyl sites for hydroxylation is 2. The lowest BCUT2D eigenvalue weighted by Crippen LogP contribution is -2.13. The van der Waals surface area contributed by atoms with Crippen molar-refractivity contribution in [1.82, 2.24) is 4.57 Å². The second kappa shape index (κ2) is 5.21. The van der Waals surface area contributed by atoms with Crippen LogP contribution in [0.2, 0.25) is 0 Å². The Bertz CT molecular complexity index is 702. The SMILES string of the molecule is CCCn1c(C)c(C)c2cc(C(C)(C)C)cc(C(=O)O)c21. The normalized spacial score (nSPS) is 12.1. The Morgan fingerprint density at radius 3 is 2.33 bits per heavy atom. The highest BCUT2D eigenvalue weighted by atomic mass is 16.4. The van der Waals surface area contributed by atoms with Gasteiger partial charge in [0.2, 0.25) is 0 Å². The van der Waals surface area contributed by atoms with Gasteiger partial charge in [-0.25, -0.2) is 4.79 Å². The van der Waals surface area contributed by atoms with Crippen molar-refractivity contribution in [2.45, 2.75) is 59.9 Å². The van der Waals surface area contributed by atoms with E-state index in [0.29, 0.717) is 5.56 Å². The predicted molar refractivity (Wildman–Crippen MR) is 87.4 cm³/mol. The van der Waals surface area contributed by atoms with E-state index in [9.17, 15) is 9.90 Å². The van der Waals surface area contributed by atoms with Gasteiger partial charge in [0.1, 0.15) is 0 Å². The van der Waals surface area contributed by atoms with Crippen molar-refractivity contribution >= 4 is 16.9 Å². The fraction of sp³-hybridized carbons (Fsp3) is 0.500. The average molecular weight is 287 g/mol. The van der Waals surface area contributed by atoms with Gasteiger partial charge in [-0.3, -0.25) is 0 Å². The highest BCUT2D eigenvalue weighted by molar-refractivity contribution is 6.04. The number of carboxylic acid groups (broad SMARTS) is 1. The molecule has 0 aliphatic rings. The van der Waals surface area contributed by atoms with Gasteiger partial charge in [0.25, 0.3) is 0 Å². The Kier molecular flexibility index (Phi) is 3.87. The zero-order chi connectivity index (χ0) is 15.9. The summed E-state index contributed by atoms with van der Waals surface area (Å²) in [6.45, 7) is 13.5. The topological polar surface area (TPSA) is 42.2 Å². The molecule has 0 saturated heterocycles. The average Bonchev–Trinajstić information content (AvgIpc) is 2.62. The standard InChI is InChI=1S/C18H25NO2/c1-7-8-19-12(3)11(2)14-9-13(18(4,5)6)10-15(16(14)19)17(20)21/h9-10H,7-8H2,1-6H3,(H,20,21). The molecule has 0 atom stereocenters. The molecule has 3 nitrogen and oxygen atoms in total. The van der Waals surface area contributed by atoms with E-state index in [2.05, 4.69) is 52.2 Å². The monoisotopic (exact) mass is 287 g/mol. The van der Waals surface area contributed by atoms with Crippen molar-refractivity contribution in [2.75, 3.05) is 0 Å². The summed E-state index contributed by atoms with van der Waals surface area (Å²) in [6, 6.07) is 4.01. The van der Waals surface area contributed by atoms with Crippen LogP contribution in [0.25, 0.3) is 10.9 Å². The number of carbonyl (C=O) groups is 1. The smallest absolute Gasteiger partial charge is 0.337 e. The molecule has 0 aliphatic carbocycles. The second-order valence-electron chi connectivity index (χ2n) is 6.84. The largest absolute Gasteiger partial charge is 0.478 e. The first-order valence-electron chi connectivity index (χ1n) is 7.55. The number of nitrogens with zero attached hydrogens (tertiary/aromatic N) is 1. The first-order chi connectivity index (χ1) is 9.68. The Labute approximate surface area is 126 Å². The van der Waals surface area contributed by atoms with Gasteiger partial charge in [0.15, 0.2) is 0 Å². The van der Waals surface area contributed by atoms with E-state index >= 15 is 0 Å². The molecule has 1 aromatic heterocycles. The van der Waals surface area contributed by atoms with Gasteiger partial charge >= 0.3 is 5.97 Å². The first kappa shape index (κ1) is 15.6. The molecule has 0 amide bonds. The molecule has 114 valence electrons. The predicted octanol–water partition coefficient (Wildman–Crippen LogP) is 4.66. The van der Waals surface area contributed by atoms with Crippen molar-refractivity contribution in [3.63, 3.8) is 0 Å². The lowest BCUT2D eigenvalue weighted by molar-refractivity contribution is 0.0698. The summed E-state index contributed by atoms with van der Waals surface area (Å²) in [5, 5.41) is 10.7. The van der Waals surface area contributed by atoms with Crippen molar-refractivity contribution < 1.29 is 9.90 Å². The fourth-order valence-electron chi connectivity index (χ4n) is 2.88. The van der Waals surface area contributed by atoms with E-state index in [1.807, 2.05) is 6.07 Å². The van der Waals surface area contributed by atoms with Crippen molar-refractivity contribution in [2.24, 2.45) is 0 Å². The number of hydrogen-bond donors (Lipinski definition) is 1. The molecular weight excluding hydrogens is 262 g/mol. The van der Waals surface area contributed by atoms with Crippen LogP contribution >= 0.6 is 0 Å². The summed E-state index contributed by atoms with van der Waals surface area (Å²) in [4.78, 5) is 11.8. The molecule has 3 heteroatoms. The van der Waals surface area contributed by atoms with Gasteiger partial charge in [-0.1, -0.05) is 27.7 Å². The summed E-state index contributed by atoms with van der Waals surface area (Å²) in [6.07, 6.45) is 0.990. The number of carboxylic acids is 1. The number of benzene rings is 1. The Balaban J connectivity index is 2.92. The molecule has 2 aromatic rings. The van der Waals surface area contributed by atoms with E-state index in [-0.39, 0.29) is 5.41 Å². The molecule has 2 rings (SSSR count). The van der Waals surface area contributed by atoms with Gasteiger partial charge in [-0.2, -0.15) is 0 Å². The summed E-state index contributed by atoms with van der Waals surface area (Å²) in [7, 11) is 0. The van der Waals surface area contributed by atoms with E-state index < -0.39 is 5.97 Å². The van der Waals surface area contributed by atoms with Crippen molar-refractivity contribution in [1.29, 1.82) is 0 Å². The molecule has 1 N–H and O–H groups in total. The number of rotatable bonds is 3. The van der Waals surface area contributed by atoms with Crippen LogP contribution < -0.4 is 0 Å². The minimum atomic E-state index is -0.846. The maximum Gasteiger partial charge on any atom is 0.337 e. The highest BCUT2D eigenvalue weighted by Crippen LogP contribution is 2.33. The summed E-state index contributed by atoms with van der Waals surface area (Å²) >= 11 is 0. The molecule has 0 spiro atoms. The zero-order valence-corrected chi connectivity index (χ0v) is 13.9. The molecule has 21 heavy (non-hydrogen) atoms.